The molecule has 1 unspecified atom stereocenters. The van der Waals surface area contributed by atoms with Crippen LogP contribution in [0, 0.1) is 26.2 Å². The summed E-state index contributed by atoms with van der Waals surface area (Å²) in [7, 11) is 1.63. The molecular formula is C23H31N3O3. The molecule has 1 aromatic carbocycles. The van der Waals surface area contributed by atoms with Crippen molar-refractivity contribution in [1.29, 1.82) is 0 Å². The van der Waals surface area contributed by atoms with Gasteiger partial charge in [0.1, 0.15) is 18.1 Å². The van der Waals surface area contributed by atoms with Crippen molar-refractivity contribution >= 4 is 17.6 Å². The molecule has 2 aromatic rings. The molecule has 29 heavy (non-hydrogen) atoms. The molecular weight excluding hydrogens is 366 g/mol. The zero-order valence-corrected chi connectivity index (χ0v) is 18.2. The lowest BCUT2D eigenvalue weighted by Crippen LogP contribution is -2.44. The van der Waals surface area contributed by atoms with Gasteiger partial charge >= 0.3 is 6.03 Å². The molecule has 0 saturated heterocycles. The van der Waals surface area contributed by atoms with Crippen LogP contribution >= 0.6 is 0 Å². The van der Waals surface area contributed by atoms with Gasteiger partial charge in [-0.05, 0) is 49.8 Å². The van der Waals surface area contributed by atoms with E-state index in [1.807, 2.05) is 45.0 Å². The lowest BCUT2D eigenvalue weighted by molar-refractivity contribution is -0.116. The minimum atomic E-state index is -0.269. The summed E-state index contributed by atoms with van der Waals surface area (Å²) in [4.78, 5) is 26.7. The van der Waals surface area contributed by atoms with Crippen LogP contribution in [0.25, 0.3) is 0 Å². The van der Waals surface area contributed by atoms with E-state index in [1.165, 1.54) is 4.90 Å². The Morgan fingerprint density at radius 1 is 1.21 bits per heavy atom. The lowest BCUT2D eigenvalue weighted by atomic mass is 9.75. The summed E-state index contributed by atoms with van der Waals surface area (Å²) in [5, 5.41) is 6.01. The Labute approximate surface area is 172 Å². The van der Waals surface area contributed by atoms with Crippen molar-refractivity contribution in [2.45, 2.75) is 53.5 Å². The standard InChI is InChI=1S/C23H31N3O3/c1-14-8-7-9-15(2)21(14)25-20(27)13-26(6)22(28)24-18-11-23(4,5)12-19-17(18)10-16(3)29-19/h7-10,18H,11-13H2,1-6H3,(H,24,28)(H,25,27). The molecule has 1 aliphatic rings. The number of benzene rings is 1. The molecule has 0 radical (unpaired) electrons. The number of aryl methyl sites for hydroxylation is 3. The van der Waals surface area contributed by atoms with Gasteiger partial charge in [0.25, 0.3) is 0 Å². The number of fused-ring (bicyclic) bond motifs is 1. The Hall–Kier alpha value is -2.76. The predicted molar refractivity (Wildman–Crippen MR) is 114 cm³/mol. The van der Waals surface area contributed by atoms with Gasteiger partial charge in [-0.2, -0.15) is 0 Å². The van der Waals surface area contributed by atoms with E-state index in [0.29, 0.717) is 0 Å². The maximum absolute atomic E-state index is 12.8. The van der Waals surface area contributed by atoms with Crippen molar-refractivity contribution in [1.82, 2.24) is 10.2 Å². The van der Waals surface area contributed by atoms with E-state index >= 15 is 0 Å². The molecule has 1 aromatic heterocycles. The highest BCUT2D eigenvalue weighted by Gasteiger charge is 2.36. The highest BCUT2D eigenvalue weighted by Crippen LogP contribution is 2.42. The van der Waals surface area contributed by atoms with Crippen LogP contribution in [0.1, 0.15) is 54.5 Å². The Bertz CT molecular complexity index is 909. The molecule has 3 rings (SSSR count). The molecule has 0 aliphatic heterocycles. The molecule has 6 nitrogen and oxygen atoms in total. The molecule has 0 bridgehead atoms. The number of hydrogen-bond donors (Lipinski definition) is 2. The fourth-order valence-electron chi connectivity index (χ4n) is 4.05. The number of para-hydroxylation sites is 1. The highest BCUT2D eigenvalue weighted by molar-refractivity contribution is 5.95. The van der Waals surface area contributed by atoms with Crippen LogP contribution in [0.3, 0.4) is 0 Å². The normalized spacial score (nSPS) is 17.4. The Balaban J connectivity index is 1.64. The smallest absolute Gasteiger partial charge is 0.318 e. The second-order valence-corrected chi connectivity index (χ2v) is 8.95. The van der Waals surface area contributed by atoms with Crippen molar-refractivity contribution < 1.29 is 14.0 Å². The zero-order valence-electron chi connectivity index (χ0n) is 18.2. The summed E-state index contributed by atoms with van der Waals surface area (Å²) in [5.41, 5.74) is 3.88. The minimum Gasteiger partial charge on any atom is -0.466 e. The fraction of sp³-hybridized carbons (Fsp3) is 0.478. The third-order valence-electron chi connectivity index (χ3n) is 5.51. The molecule has 2 N–H and O–H groups in total. The molecule has 156 valence electrons. The first-order valence-corrected chi connectivity index (χ1v) is 10.0. The van der Waals surface area contributed by atoms with Gasteiger partial charge in [0, 0.05) is 24.7 Å². The number of urea groups is 1. The first-order valence-electron chi connectivity index (χ1n) is 10.0. The lowest BCUT2D eigenvalue weighted by Gasteiger charge is -2.35. The molecule has 6 heteroatoms. The largest absolute Gasteiger partial charge is 0.466 e. The summed E-state index contributed by atoms with van der Waals surface area (Å²) in [5.74, 6) is 1.58. The predicted octanol–water partition coefficient (Wildman–Crippen LogP) is 4.50. The topological polar surface area (TPSA) is 74.6 Å². The number of rotatable bonds is 4. The number of anilines is 1. The van der Waals surface area contributed by atoms with E-state index in [0.717, 1.165) is 46.7 Å². The second-order valence-electron chi connectivity index (χ2n) is 8.95. The number of nitrogens with one attached hydrogen (secondary N) is 2. The maximum atomic E-state index is 12.8. The van der Waals surface area contributed by atoms with Gasteiger partial charge in [-0.15, -0.1) is 0 Å². The third-order valence-corrected chi connectivity index (χ3v) is 5.51. The van der Waals surface area contributed by atoms with Crippen LogP contribution < -0.4 is 10.6 Å². The van der Waals surface area contributed by atoms with Crippen molar-refractivity contribution in [2.24, 2.45) is 5.41 Å². The number of nitrogens with zero attached hydrogens (tertiary/aromatic N) is 1. The van der Waals surface area contributed by atoms with Gasteiger partial charge in [-0.1, -0.05) is 32.0 Å². The quantitative estimate of drug-likeness (QED) is 0.798. The average molecular weight is 398 g/mol. The summed E-state index contributed by atoms with van der Waals surface area (Å²) in [6.45, 7) is 10.2. The fourth-order valence-corrected chi connectivity index (χ4v) is 4.05. The molecule has 1 heterocycles. The molecule has 0 saturated carbocycles. The van der Waals surface area contributed by atoms with Crippen molar-refractivity contribution in [3.8, 4) is 0 Å². The first-order chi connectivity index (χ1) is 13.6. The molecule has 1 atom stereocenters. The number of hydrogen-bond acceptors (Lipinski definition) is 3. The molecule has 1 aliphatic carbocycles. The summed E-state index contributed by atoms with van der Waals surface area (Å²) in [6.07, 6.45) is 1.68. The Morgan fingerprint density at radius 3 is 2.52 bits per heavy atom. The van der Waals surface area contributed by atoms with E-state index in [4.69, 9.17) is 4.42 Å². The van der Waals surface area contributed by atoms with E-state index in [-0.39, 0.29) is 29.9 Å². The van der Waals surface area contributed by atoms with Gasteiger partial charge in [0.05, 0.1) is 6.04 Å². The van der Waals surface area contributed by atoms with Crippen LogP contribution in [0.5, 0.6) is 0 Å². The summed E-state index contributed by atoms with van der Waals surface area (Å²) >= 11 is 0. The van der Waals surface area contributed by atoms with Crippen LogP contribution in [-0.4, -0.2) is 30.4 Å². The minimum absolute atomic E-state index is 0.0208. The second kappa shape index (κ2) is 7.93. The number of likely N-dealkylation sites (N-methyl/N-ethyl adjacent to an activating group) is 1. The van der Waals surface area contributed by atoms with Crippen LogP contribution in [0.2, 0.25) is 0 Å². The SMILES string of the molecule is Cc1cc2c(o1)CC(C)(C)CC2NC(=O)N(C)CC(=O)Nc1c(C)cccc1C. The first kappa shape index (κ1) is 21.0. The molecule has 3 amide bonds. The van der Waals surface area contributed by atoms with E-state index < -0.39 is 0 Å². The van der Waals surface area contributed by atoms with E-state index in [1.54, 1.807) is 7.05 Å². The van der Waals surface area contributed by atoms with Gasteiger partial charge in [-0.3, -0.25) is 4.79 Å². The van der Waals surface area contributed by atoms with Gasteiger partial charge in [0.15, 0.2) is 0 Å². The van der Waals surface area contributed by atoms with Crippen molar-refractivity contribution in [2.75, 3.05) is 18.9 Å². The number of furan rings is 1. The average Bonchev–Trinajstić information content (AvgIpc) is 2.97. The van der Waals surface area contributed by atoms with Crippen molar-refractivity contribution in [3.63, 3.8) is 0 Å². The monoisotopic (exact) mass is 397 g/mol. The number of carbonyl (C=O) groups is 2. The summed E-state index contributed by atoms with van der Waals surface area (Å²) in [6, 6.07) is 7.47. The van der Waals surface area contributed by atoms with E-state index in [9.17, 15) is 9.59 Å². The van der Waals surface area contributed by atoms with Gasteiger partial charge < -0.3 is 20.0 Å². The van der Waals surface area contributed by atoms with Gasteiger partial charge in [0.2, 0.25) is 5.91 Å². The maximum Gasteiger partial charge on any atom is 0.318 e. The van der Waals surface area contributed by atoms with Crippen molar-refractivity contribution in [3.05, 3.63) is 52.5 Å². The van der Waals surface area contributed by atoms with Crippen LogP contribution in [-0.2, 0) is 11.2 Å². The Kier molecular flexibility index (Phi) is 5.73. The Morgan fingerprint density at radius 2 is 1.86 bits per heavy atom. The van der Waals surface area contributed by atoms with Gasteiger partial charge in [-0.25, -0.2) is 4.79 Å². The molecule has 0 spiro atoms. The number of carbonyl (C=O) groups excluding carboxylic acids is 2. The van der Waals surface area contributed by atoms with Crippen LogP contribution in [0.15, 0.2) is 28.7 Å². The zero-order chi connectivity index (χ0) is 21.3. The third kappa shape index (κ3) is 4.81. The van der Waals surface area contributed by atoms with Crippen LogP contribution in [0.4, 0.5) is 10.5 Å². The van der Waals surface area contributed by atoms with E-state index in [2.05, 4.69) is 24.5 Å². The summed E-state index contributed by atoms with van der Waals surface area (Å²) < 4.78 is 5.84. The highest BCUT2D eigenvalue weighted by atomic mass is 16.3. The molecule has 0 fully saturated rings. The number of amides is 3.